The van der Waals surface area contributed by atoms with Gasteiger partial charge in [-0.25, -0.2) is 14.6 Å². The Balaban J connectivity index is 1.28. The Morgan fingerprint density at radius 2 is 1.88 bits per heavy atom. The number of carbonyl (C=O) groups excluding carboxylic acids is 2. The Kier molecular flexibility index (Phi) is 6.07. The highest BCUT2D eigenvalue weighted by atomic mass is 16.6. The number of aromatic nitrogens is 4. The van der Waals surface area contributed by atoms with Crippen LogP contribution in [-0.4, -0.2) is 72.7 Å². The summed E-state index contributed by atoms with van der Waals surface area (Å²) in [7, 11) is 3.01. The first kappa shape index (κ1) is 22.1. The number of aryl methyl sites for hydroxylation is 2. The molecule has 2 amide bonds. The van der Waals surface area contributed by atoms with Gasteiger partial charge < -0.3 is 19.5 Å². The van der Waals surface area contributed by atoms with Gasteiger partial charge in [0.25, 0.3) is 5.56 Å². The van der Waals surface area contributed by atoms with Crippen molar-refractivity contribution >= 4 is 23.2 Å². The predicted octanol–water partition coefficient (Wildman–Crippen LogP) is 0.505. The van der Waals surface area contributed by atoms with E-state index in [0.29, 0.717) is 55.9 Å². The molecule has 11 heteroatoms. The van der Waals surface area contributed by atoms with E-state index >= 15 is 0 Å². The van der Waals surface area contributed by atoms with E-state index < -0.39 is 11.2 Å². The van der Waals surface area contributed by atoms with Crippen LogP contribution in [0.15, 0.2) is 9.59 Å². The molecule has 2 aromatic heterocycles. The molecule has 4 rings (SSSR count). The fraction of sp³-hybridized carbons (Fsp3) is 0.667. The van der Waals surface area contributed by atoms with Crippen LogP contribution >= 0.6 is 0 Å². The molecule has 1 N–H and O–H groups in total. The van der Waals surface area contributed by atoms with Crippen molar-refractivity contribution in [1.82, 2.24) is 28.9 Å². The molecule has 0 aliphatic carbocycles. The summed E-state index contributed by atoms with van der Waals surface area (Å²) in [5, 5.41) is 0. The maximum atomic E-state index is 12.6. The van der Waals surface area contributed by atoms with Crippen molar-refractivity contribution in [2.75, 3.05) is 19.6 Å². The fourth-order valence-electron chi connectivity index (χ4n) is 4.54. The number of aromatic amines is 1. The Morgan fingerprint density at radius 1 is 1.16 bits per heavy atom. The summed E-state index contributed by atoms with van der Waals surface area (Å²) in [5.41, 5.74) is -0.213. The quantitative estimate of drug-likeness (QED) is 0.690. The van der Waals surface area contributed by atoms with Gasteiger partial charge >= 0.3 is 11.8 Å². The van der Waals surface area contributed by atoms with E-state index in [2.05, 4.69) is 9.97 Å². The summed E-state index contributed by atoms with van der Waals surface area (Å²) < 4.78 is 7.73. The van der Waals surface area contributed by atoms with E-state index in [1.54, 1.807) is 7.05 Å². The van der Waals surface area contributed by atoms with Gasteiger partial charge in [-0.05, 0) is 25.7 Å². The Hall–Kier alpha value is -3.11. The average molecular weight is 447 g/mol. The number of nitrogens with one attached hydrogen (secondary N) is 1. The second-order valence-electron chi connectivity index (χ2n) is 8.62. The SMILES string of the molecule is CCC1CN(C2CCN(C(=O)CCCc3nc4c([nH]3)c(=O)n(C)c(=O)n4C)CC2)C(=O)O1. The van der Waals surface area contributed by atoms with Gasteiger partial charge in [0, 0.05) is 46.1 Å². The molecule has 2 saturated heterocycles. The number of rotatable bonds is 6. The number of likely N-dealkylation sites (tertiary alicyclic amines) is 1. The molecule has 174 valence electrons. The molecule has 2 aliphatic heterocycles. The summed E-state index contributed by atoms with van der Waals surface area (Å²) >= 11 is 0. The number of hydrogen-bond acceptors (Lipinski definition) is 6. The van der Waals surface area contributed by atoms with Crippen LogP contribution in [0.25, 0.3) is 11.2 Å². The van der Waals surface area contributed by atoms with E-state index in [4.69, 9.17) is 4.74 Å². The predicted molar refractivity (Wildman–Crippen MR) is 116 cm³/mol. The van der Waals surface area contributed by atoms with Crippen LogP contribution in [0.1, 0.15) is 44.9 Å². The number of nitrogens with zero attached hydrogens (tertiary/aromatic N) is 5. The number of piperidine rings is 1. The minimum Gasteiger partial charge on any atom is -0.444 e. The number of cyclic esters (lactones) is 1. The van der Waals surface area contributed by atoms with Crippen molar-refractivity contribution in [3.8, 4) is 0 Å². The number of hydrogen-bond donors (Lipinski definition) is 1. The molecule has 2 fully saturated rings. The van der Waals surface area contributed by atoms with Gasteiger partial charge in [0.2, 0.25) is 5.91 Å². The molecule has 1 unspecified atom stereocenters. The zero-order valence-corrected chi connectivity index (χ0v) is 18.8. The van der Waals surface area contributed by atoms with Crippen LogP contribution in [0.3, 0.4) is 0 Å². The largest absolute Gasteiger partial charge is 0.444 e. The molecule has 4 heterocycles. The van der Waals surface area contributed by atoms with E-state index in [9.17, 15) is 19.2 Å². The van der Waals surface area contributed by atoms with E-state index in [1.807, 2.05) is 16.7 Å². The van der Waals surface area contributed by atoms with Crippen LogP contribution in [0.2, 0.25) is 0 Å². The number of imidazole rings is 1. The van der Waals surface area contributed by atoms with Crippen molar-refractivity contribution in [2.45, 2.75) is 57.6 Å². The van der Waals surface area contributed by atoms with Gasteiger partial charge in [-0.3, -0.25) is 18.7 Å². The molecule has 0 bridgehead atoms. The van der Waals surface area contributed by atoms with Crippen molar-refractivity contribution in [1.29, 1.82) is 0 Å². The smallest absolute Gasteiger partial charge is 0.410 e. The summed E-state index contributed by atoms with van der Waals surface area (Å²) in [4.78, 5) is 60.0. The Labute approximate surface area is 185 Å². The first-order valence-electron chi connectivity index (χ1n) is 11.2. The van der Waals surface area contributed by atoms with Gasteiger partial charge in [-0.15, -0.1) is 0 Å². The van der Waals surface area contributed by atoms with Crippen molar-refractivity contribution < 1.29 is 14.3 Å². The number of ether oxygens (including phenoxy) is 1. The molecule has 0 aromatic carbocycles. The first-order chi connectivity index (χ1) is 15.3. The lowest BCUT2D eigenvalue weighted by molar-refractivity contribution is -0.132. The monoisotopic (exact) mass is 446 g/mol. The number of H-pyrrole nitrogens is 1. The highest BCUT2D eigenvalue weighted by Crippen LogP contribution is 2.24. The van der Waals surface area contributed by atoms with Gasteiger partial charge in [0.1, 0.15) is 17.4 Å². The van der Waals surface area contributed by atoms with Crippen LogP contribution in [0.5, 0.6) is 0 Å². The van der Waals surface area contributed by atoms with Gasteiger partial charge in [0.15, 0.2) is 5.65 Å². The van der Waals surface area contributed by atoms with E-state index in [1.165, 1.54) is 11.6 Å². The van der Waals surface area contributed by atoms with Crippen LogP contribution < -0.4 is 11.2 Å². The third-order valence-corrected chi connectivity index (χ3v) is 6.56. The number of amides is 2. The standard InChI is InChI=1S/C21H30N6O5/c1-4-14-12-27(21(31)32-14)13-8-10-26(11-9-13)16(28)7-5-6-15-22-17-18(23-15)24(2)20(30)25(3)19(17)29/h13-14H,4-12H2,1-3H3,(H,22,23). The number of carbonyl (C=O) groups is 2. The van der Waals surface area contributed by atoms with Crippen LogP contribution in [0, 0.1) is 0 Å². The zero-order chi connectivity index (χ0) is 23.0. The van der Waals surface area contributed by atoms with E-state index in [-0.39, 0.29) is 24.1 Å². The maximum absolute atomic E-state index is 12.6. The summed E-state index contributed by atoms with van der Waals surface area (Å²) in [6.45, 7) is 3.91. The van der Waals surface area contributed by atoms with Crippen molar-refractivity contribution in [3.63, 3.8) is 0 Å². The summed E-state index contributed by atoms with van der Waals surface area (Å²) in [5.74, 6) is 0.668. The maximum Gasteiger partial charge on any atom is 0.410 e. The van der Waals surface area contributed by atoms with Crippen molar-refractivity contribution in [3.05, 3.63) is 26.7 Å². The molecule has 0 saturated carbocycles. The molecular weight excluding hydrogens is 416 g/mol. The summed E-state index contributed by atoms with van der Waals surface area (Å²) in [6.07, 6.45) is 3.55. The molecule has 32 heavy (non-hydrogen) atoms. The third kappa shape index (κ3) is 4.03. The molecule has 1 atom stereocenters. The minimum atomic E-state index is -0.425. The van der Waals surface area contributed by atoms with Crippen LogP contribution in [-0.2, 0) is 30.0 Å². The average Bonchev–Trinajstić information content (AvgIpc) is 3.40. The first-order valence-corrected chi connectivity index (χ1v) is 11.2. The Bertz CT molecular complexity index is 1140. The van der Waals surface area contributed by atoms with Gasteiger partial charge in [-0.1, -0.05) is 6.92 Å². The van der Waals surface area contributed by atoms with Crippen LogP contribution in [0.4, 0.5) is 4.79 Å². The third-order valence-electron chi connectivity index (χ3n) is 6.56. The van der Waals surface area contributed by atoms with Gasteiger partial charge in [-0.2, -0.15) is 0 Å². The second-order valence-corrected chi connectivity index (χ2v) is 8.62. The topological polar surface area (TPSA) is 123 Å². The Morgan fingerprint density at radius 3 is 2.53 bits per heavy atom. The molecule has 11 nitrogen and oxygen atoms in total. The molecule has 0 spiro atoms. The lowest BCUT2D eigenvalue weighted by Crippen LogP contribution is -2.47. The normalized spacial score (nSPS) is 19.7. The fourth-order valence-corrected chi connectivity index (χ4v) is 4.54. The second kappa shape index (κ2) is 8.79. The summed E-state index contributed by atoms with van der Waals surface area (Å²) in [6, 6.07) is 0.132. The zero-order valence-electron chi connectivity index (χ0n) is 18.8. The highest BCUT2D eigenvalue weighted by molar-refractivity contribution is 5.76. The highest BCUT2D eigenvalue weighted by Gasteiger charge is 2.37. The van der Waals surface area contributed by atoms with Crippen molar-refractivity contribution in [2.24, 2.45) is 14.1 Å². The molecule has 2 aromatic rings. The van der Waals surface area contributed by atoms with Gasteiger partial charge in [0.05, 0.1) is 6.54 Å². The molecule has 0 radical (unpaired) electrons. The lowest BCUT2D eigenvalue weighted by atomic mass is 10.0. The van der Waals surface area contributed by atoms with E-state index in [0.717, 1.165) is 23.8 Å². The molecule has 2 aliphatic rings. The number of fused-ring (bicyclic) bond motifs is 1. The molecular formula is C21H30N6O5. The minimum absolute atomic E-state index is 0.0250. The lowest BCUT2D eigenvalue weighted by Gasteiger charge is -2.35.